The van der Waals surface area contributed by atoms with Crippen LogP contribution in [-0.4, -0.2) is 32.1 Å². The summed E-state index contributed by atoms with van der Waals surface area (Å²) in [6.07, 6.45) is 5.39. The Hall–Kier alpha value is -1.26. The Morgan fingerprint density at radius 2 is 2.00 bits per heavy atom. The summed E-state index contributed by atoms with van der Waals surface area (Å²) in [5, 5.41) is 7.32. The smallest absolute Gasteiger partial charge is 0.224 e. The normalized spacial score (nSPS) is 26.8. The number of halogens is 1. The lowest BCUT2D eigenvalue weighted by molar-refractivity contribution is -0.117. The van der Waals surface area contributed by atoms with Crippen LogP contribution in [0, 0.1) is 5.92 Å². The van der Waals surface area contributed by atoms with Crippen LogP contribution in [-0.2, 0) is 4.79 Å². The third kappa shape index (κ3) is 3.39. The second-order valence-electron chi connectivity index (χ2n) is 6.76. The monoisotopic (exact) mass is 321 g/mol. The van der Waals surface area contributed by atoms with Crippen molar-refractivity contribution >= 4 is 28.9 Å². The van der Waals surface area contributed by atoms with Crippen LogP contribution in [0.5, 0.6) is 0 Å². The van der Waals surface area contributed by atoms with Crippen LogP contribution >= 0.6 is 11.6 Å². The highest BCUT2D eigenvalue weighted by atomic mass is 35.5. The minimum Gasteiger partial charge on any atom is -0.375 e. The first-order chi connectivity index (χ1) is 10.5. The first-order valence-corrected chi connectivity index (χ1v) is 8.42. The molecule has 1 aromatic rings. The highest BCUT2D eigenvalue weighted by Crippen LogP contribution is 2.35. The van der Waals surface area contributed by atoms with Crippen molar-refractivity contribution < 1.29 is 4.79 Å². The van der Waals surface area contributed by atoms with Gasteiger partial charge in [-0.25, -0.2) is 0 Å². The maximum atomic E-state index is 12.4. The maximum absolute atomic E-state index is 12.4. The Morgan fingerprint density at radius 1 is 1.32 bits per heavy atom. The van der Waals surface area contributed by atoms with Gasteiger partial charge in [0.05, 0.1) is 16.4 Å². The largest absolute Gasteiger partial charge is 0.375 e. The van der Waals surface area contributed by atoms with Gasteiger partial charge in [-0.15, -0.1) is 0 Å². The number of fused-ring (bicyclic) bond motifs is 2. The molecule has 22 heavy (non-hydrogen) atoms. The van der Waals surface area contributed by atoms with Crippen LogP contribution in [0.15, 0.2) is 18.2 Å². The summed E-state index contributed by atoms with van der Waals surface area (Å²) >= 11 is 6.24. The molecule has 2 atom stereocenters. The molecule has 2 saturated heterocycles. The van der Waals surface area contributed by atoms with Gasteiger partial charge < -0.3 is 15.5 Å². The van der Waals surface area contributed by atoms with E-state index in [4.69, 9.17) is 11.6 Å². The molecular formula is C17H24ClN3O. The molecule has 4 nitrogen and oxygen atoms in total. The molecule has 120 valence electrons. The lowest BCUT2D eigenvalue weighted by Gasteiger charge is -2.28. The van der Waals surface area contributed by atoms with E-state index in [9.17, 15) is 4.79 Å². The van der Waals surface area contributed by atoms with Gasteiger partial charge in [0.15, 0.2) is 0 Å². The van der Waals surface area contributed by atoms with E-state index in [0.29, 0.717) is 29.4 Å². The quantitative estimate of drug-likeness (QED) is 0.894. The SMILES string of the molecule is CN(C)c1c(Cl)cccc1NC(=O)CC1CC2CCC(C1)N2. The van der Waals surface area contributed by atoms with Gasteiger partial charge in [-0.2, -0.15) is 0 Å². The fourth-order valence-corrected chi connectivity index (χ4v) is 4.22. The molecule has 0 aromatic heterocycles. The average molecular weight is 322 g/mol. The minimum atomic E-state index is 0.0941. The predicted octanol–water partition coefficient (Wildman–Crippen LogP) is 3.27. The molecule has 2 heterocycles. The van der Waals surface area contributed by atoms with Crippen molar-refractivity contribution in [1.82, 2.24) is 5.32 Å². The van der Waals surface area contributed by atoms with Gasteiger partial charge in [0.1, 0.15) is 0 Å². The summed E-state index contributed by atoms with van der Waals surface area (Å²) in [4.78, 5) is 14.3. The molecule has 0 saturated carbocycles. The molecule has 1 amide bonds. The van der Waals surface area contributed by atoms with Crippen molar-refractivity contribution in [3.8, 4) is 0 Å². The summed E-state index contributed by atoms with van der Waals surface area (Å²) < 4.78 is 0. The van der Waals surface area contributed by atoms with Gasteiger partial charge in [0.25, 0.3) is 0 Å². The van der Waals surface area contributed by atoms with Gasteiger partial charge in [-0.1, -0.05) is 17.7 Å². The van der Waals surface area contributed by atoms with Gasteiger partial charge in [0, 0.05) is 32.6 Å². The summed E-state index contributed by atoms with van der Waals surface area (Å²) in [6, 6.07) is 6.87. The van der Waals surface area contributed by atoms with Gasteiger partial charge in [0.2, 0.25) is 5.91 Å². The Morgan fingerprint density at radius 3 is 2.64 bits per heavy atom. The number of anilines is 2. The zero-order chi connectivity index (χ0) is 15.7. The zero-order valence-corrected chi connectivity index (χ0v) is 14.0. The molecule has 2 aliphatic heterocycles. The maximum Gasteiger partial charge on any atom is 0.224 e. The van der Waals surface area contributed by atoms with Crippen LogP contribution < -0.4 is 15.5 Å². The standard InChI is InChI=1S/C17H24ClN3O/c1-21(2)17-14(18)4-3-5-15(17)20-16(22)10-11-8-12-6-7-13(9-11)19-12/h3-5,11-13,19H,6-10H2,1-2H3,(H,20,22). The summed E-state index contributed by atoms with van der Waals surface area (Å²) in [5.41, 5.74) is 1.65. The number of carbonyl (C=O) groups excluding carboxylic acids is 1. The summed E-state index contributed by atoms with van der Waals surface area (Å²) in [6.45, 7) is 0. The van der Waals surface area contributed by atoms with Crippen molar-refractivity contribution in [2.24, 2.45) is 5.92 Å². The Bertz CT molecular complexity index is 549. The van der Waals surface area contributed by atoms with Gasteiger partial charge >= 0.3 is 0 Å². The molecule has 1 aromatic carbocycles. The fourth-order valence-electron chi connectivity index (χ4n) is 3.88. The third-order valence-electron chi connectivity index (χ3n) is 4.75. The summed E-state index contributed by atoms with van der Waals surface area (Å²) in [5.74, 6) is 0.595. The van der Waals surface area contributed by atoms with Crippen molar-refractivity contribution in [3.63, 3.8) is 0 Å². The number of nitrogens with zero attached hydrogens (tertiary/aromatic N) is 1. The van der Waals surface area contributed by atoms with Crippen LogP contribution in [0.4, 0.5) is 11.4 Å². The third-order valence-corrected chi connectivity index (χ3v) is 5.06. The predicted molar refractivity (Wildman–Crippen MR) is 91.7 cm³/mol. The second-order valence-corrected chi connectivity index (χ2v) is 7.17. The number of piperidine rings is 1. The number of amides is 1. The van der Waals surface area contributed by atoms with Crippen molar-refractivity contribution in [1.29, 1.82) is 0 Å². The van der Waals surface area contributed by atoms with Crippen molar-refractivity contribution in [2.75, 3.05) is 24.3 Å². The van der Waals surface area contributed by atoms with Crippen LogP contribution in [0.2, 0.25) is 5.02 Å². The van der Waals surface area contributed by atoms with Crippen molar-refractivity contribution in [3.05, 3.63) is 23.2 Å². The molecule has 2 aliphatic rings. The van der Waals surface area contributed by atoms with E-state index in [-0.39, 0.29) is 5.91 Å². The molecule has 5 heteroatoms. The number of para-hydroxylation sites is 1. The fraction of sp³-hybridized carbons (Fsp3) is 0.588. The first-order valence-electron chi connectivity index (χ1n) is 8.04. The molecule has 0 radical (unpaired) electrons. The second kappa shape index (κ2) is 6.47. The number of nitrogens with one attached hydrogen (secondary N) is 2. The number of hydrogen-bond acceptors (Lipinski definition) is 3. The molecule has 0 aliphatic carbocycles. The minimum absolute atomic E-state index is 0.0941. The first kappa shape index (κ1) is 15.6. The Kier molecular flexibility index (Phi) is 4.59. The van der Waals surface area contributed by atoms with Crippen LogP contribution in [0.25, 0.3) is 0 Å². The van der Waals surface area contributed by atoms with E-state index in [1.54, 1.807) is 0 Å². The molecule has 3 rings (SSSR count). The zero-order valence-electron chi connectivity index (χ0n) is 13.2. The highest BCUT2D eigenvalue weighted by molar-refractivity contribution is 6.34. The van der Waals surface area contributed by atoms with Crippen LogP contribution in [0.1, 0.15) is 32.1 Å². The van der Waals surface area contributed by atoms with Crippen LogP contribution in [0.3, 0.4) is 0 Å². The molecule has 2 N–H and O–H groups in total. The van der Waals surface area contributed by atoms with Crippen molar-refractivity contribution in [2.45, 2.75) is 44.2 Å². The van der Waals surface area contributed by atoms with E-state index in [0.717, 1.165) is 24.2 Å². The number of carbonyl (C=O) groups is 1. The summed E-state index contributed by atoms with van der Waals surface area (Å²) in [7, 11) is 3.86. The van der Waals surface area contributed by atoms with E-state index < -0.39 is 0 Å². The highest BCUT2D eigenvalue weighted by Gasteiger charge is 2.34. The lowest BCUT2D eigenvalue weighted by Crippen LogP contribution is -2.39. The van der Waals surface area contributed by atoms with Gasteiger partial charge in [-0.05, 0) is 43.7 Å². The Labute approximate surface area is 137 Å². The number of rotatable bonds is 4. The van der Waals surface area contributed by atoms with E-state index in [2.05, 4.69) is 10.6 Å². The van der Waals surface area contributed by atoms with E-state index in [1.807, 2.05) is 37.2 Å². The molecule has 2 unspecified atom stereocenters. The molecule has 2 fully saturated rings. The van der Waals surface area contributed by atoms with E-state index >= 15 is 0 Å². The lowest BCUT2D eigenvalue weighted by atomic mass is 9.89. The Balaban J connectivity index is 1.64. The number of hydrogen-bond donors (Lipinski definition) is 2. The van der Waals surface area contributed by atoms with Gasteiger partial charge in [-0.3, -0.25) is 4.79 Å². The topological polar surface area (TPSA) is 44.4 Å². The molecule has 0 spiro atoms. The molecule has 2 bridgehead atoms. The van der Waals surface area contributed by atoms with E-state index in [1.165, 1.54) is 12.8 Å². The number of benzene rings is 1. The average Bonchev–Trinajstić information content (AvgIpc) is 2.77. The molecular weight excluding hydrogens is 298 g/mol.